The molecule has 370 valence electrons. The summed E-state index contributed by atoms with van der Waals surface area (Å²) in [4.78, 5) is 20.1. The molecule has 0 fully saturated rings. The molecule has 0 amide bonds. The fourth-order valence-electron chi connectivity index (χ4n) is 11.6. The molecule has 7 aromatic rings. The van der Waals surface area contributed by atoms with E-state index in [0.29, 0.717) is 0 Å². The number of nitrogens with one attached hydrogen (secondary N) is 2. The van der Waals surface area contributed by atoms with Crippen LogP contribution in [-0.2, 0) is 0 Å². The maximum Gasteiger partial charge on any atom is 0.0737 e. The van der Waals surface area contributed by atoms with Crippen LogP contribution in [0.25, 0.3) is 90.9 Å². The topological polar surface area (TPSA) is 57.4 Å². The average Bonchev–Trinajstić information content (AvgIpc) is 4.19. The molecule has 0 saturated carbocycles. The van der Waals surface area contributed by atoms with Crippen LogP contribution in [0, 0.1) is 0 Å². The molecule has 0 spiro atoms. The van der Waals surface area contributed by atoms with Crippen LogP contribution in [0.5, 0.6) is 0 Å². The smallest absolute Gasteiger partial charge is 0.0737 e. The lowest BCUT2D eigenvalue weighted by Gasteiger charge is -2.22. The number of H-pyrrole nitrogens is 2. The van der Waals surface area contributed by atoms with Gasteiger partial charge in [0.2, 0.25) is 0 Å². The van der Waals surface area contributed by atoms with Gasteiger partial charge in [0.15, 0.2) is 0 Å². The summed E-state index contributed by atoms with van der Waals surface area (Å²) < 4.78 is 0. The largest absolute Gasteiger partial charge is 0.354 e. The molecule has 0 atom stereocenters. The van der Waals surface area contributed by atoms with Gasteiger partial charge in [-0.05, 0) is 163 Å². The second-order valence-electron chi connectivity index (χ2n) is 23.0. The monoisotopic (exact) mass is 951 g/mol. The van der Waals surface area contributed by atoms with E-state index in [1.165, 1.54) is 66.8 Å². The van der Waals surface area contributed by atoms with Crippen LogP contribution in [0.3, 0.4) is 0 Å². The third-order valence-corrected chi connectivity index (χ3v) is 15.2. The number of fused-ring (bicyclic) bond motifs is 8. The number of aromatic amines is 2. The Bertz CT molecular complexity index is 2880. The molecular formula is C68H78N4. The Morgan fingerprint density at radius 2 is 0.403 bits per heavy atom. The minimum absolute atomic E-state index is 0.282. The van der Waals surface area contributed by atoms with Crippen molar-refractivity contribution in [1.29, 1.82) is 0 Å². The third kappa shape index (κ3) is 9.05. The molecule has 2 N–H and O–H groups in total. The second kappa shape index (κ2) is 20.2. The summed E-state index contributed by atoms with van der Waals surface area (Å²) in [5.41, 5.74) is 28.1. The van der Waals surface area contributed by atoms with E-state index in [9.17, 15) is 0 Å². The Morgan fingerprint density at radius 1 is 0.236 bits per heavy atom. The number of nitrogens with zero attached hydrogens (tertiary/aromatic N) is 2. The van der Waals surface area contributed by atoms with Gasteiger partial charge in [-0.25, -0.2) is 9.97 Å². The number of aromatic nitrogens is 4. The number of benzene rings is 4. The first-order chi connectivity index (χ1) is 34.4. The Labute approximate surface area is 431 Å². The van der Waals surface area contributed by atoms with Crippen molar-refractivity contribution in [2.75, 3.05) is 0 Å². The summed E-state index contributed by atoms with van der Waals surface area (Å²) >= 11 is 0. The van der Waals surface area contributed by atoms with Crippen molar-refractivity contribution in [2.24, 2.45) is 0 Å². The van der Waals surface area contributed by atoms with Gasteiger partial charge >= 0.3 is 0 Å². The van der Waals surface area contributed by atoms with Crippen LogP contribution < -0.4 is 0 Å². The highest BCUT2D eigenvalue weighted by molar-refractivity contribution is 6.02. The molecule has 0 aliphatic carbocycles. The summed E-state index contributed by atoms with van der Waals surface area (Å²) in [7, 11) is 0. The van der Waals surface area contributed by atoms with Crippen molar-refractivity contribution in [2.45, 2.75) is 158 Å². The Kier molecular flexibility index (Phi) is 14.1. The molecule has 4 aromatic carbocycles. The van der Waals surface area contributed by atoms with Crippen molar-refractivity contribution >= 4 is 46.4 Å². The fraction of sp³-hybridized carbons (Fsp3) is 0.353. The molecule has 0 saturated heterocycles. The van der Waals surface area contributed by atoms with Crippen LogP contribution in [0.4, 0.5) is 0 Å². The number of hydrogen-bond acceptors (Lipinski definition) is 2. The summed E-state index contributed by atoms with van der Waals surface area (Å²) in [6, 6.07) is 36.9. The molecule has 0 radical (unpaired) electrons. The molecule has 2 aliphatic heterocycles. The van der Waals surface area contributed by atoms with E-state index in [1.807, 2.05) is 0 Å². The minimum atomic E-state index is 0.282. The average molecular weight is 951 g/mol. The van der Waals surface area contributed by atoms with Gasteiger partial charge in [0.05, 0.1) is 22.8 Å². The van der Waals surface area contributed by atoms with Gasteiger partial charge < -0.3 is 9.97 Å². The van der Waals surface area contributed by atoms with E-state index >= 15 is 0 Å². The Morgan fingerprint density at radius 3 is 0.556 bits per heavy atom. The van der Waals surface area contributed by atoms with E-state index in [0.717, 1.165) is 67.1 Å². The SMILES string of the molecule is CC(C)c1cccc(C(C)C)c1-c1c2nc(c(-c3c(C(C)C)cccc3C(C)C)c3ccc([nH]3)c(-c3c(C(C)C)cccc3C(C)C)c3nc(c(-c4c(C(C)C)cccc4C(C)C)c4ccc1[nH]4)C=C3)C=C2. The third-order valence-electron chi connectivity index (χ3n) is 15.2. The highest BCUT2D eigenvalue weighted by Gasteiger charge is 2.28. The molecule has 2 aliphatic rings. The molecule has 4 nitrogen and oxygen atoms in total. The van der Waals surface area contributed by atoms with Crippen molar-refractivity contribution in [1.82, 2.24) is 19.9 Å². The van der Waals surface area contributed by atoms with Crippen molar-refractivity contribution in [3.8, 4) is 44.5 Å². The number of rotatable bonds is 12. The molecular weight excluding hydrogens is 873 g/mol. The lowest BCUT2D eigenvalue weighted by Crippen LogP contribution is -2.03. The van der Waals surface area contributed by atoms with E-state index in [-0.39, 0.29) is 47.3 Å². The van der Waals surface area contributed by atoms with Gasteiger partial charge in [0.1, 0.15) is 0 Å². The first-order valence-corrected chi connectivity index (χ1v) is 27.1. The van der Waals surface area contributed by atoms with Gasteiger partial charge in [-0.15, -0.1) is 0 Å². The van der Waals surface area contributed by atoms with E-state index in [1.54, 1.807) is 0 Å². The van der Waals surface area contributed by atoms with E-state index in [2.05, 4.69) is 242 Å². The zero-order valence-corrected chi connectivity index (χ0v) is 46.1. The van der Waals surface area contributed by atoms with E-state index in [4.69, 9.17) is 9.97 Å². The minimum Gasteiger partial charge on any atom is -0.354 e. The van der Waals surface area contributed by atoms with Gasteiger partial charge in [0, 0.05) is 44.3 Å². The van der Waals surface area contributed by atoms with Gasteiger partial charge in [0.25, 0.3) is 0 Å². The summed E-state index contributed by atoms with van der Waals surface area (Å²) in [5, 5.41) is 0. The maximum absolute atomic E-state index is 5.90. The summed E-state index contributed by atoms with van der Waals surface area (Å²) in [5.74, 6) is 2.26. The van der Waals surface area contributed by atoms with Gasteiger partial charge in [-0.3, -0.25) is 0 Å². The lowest BCUT2D eigenvalue weighted by molar-refractivity contribution is 0.837. The summed E-state index contributed by atoms with van der Waals surface area (Å²) in [6.07, 6.45) is 9.14. The molecule has 0 unspecified atom stereocenters. The highest BCUT2D eigenvalue weighted by atomic mass is 14.8. The first-order valence-electron chi connectivity index (χ1n) is 27.1. The zero-order valence-electron chi connectivity index (χ0n) is 46.1. The molecule has 8 bridgehead atoms. The lowest BCUT2D eigenvalue weighted by atomic mass is 9.84. The van der Waals surface area contributed by atoms with Crippen LogP contribution in [0.15, 0.2) is 97.1 Å². The van der Waals surface area contributed by atoms with Crippen LogP contribution in [0.1, 0.15) is 225 Å². The molecule has 72 heavy (non-hydrogen) atoms. The standard InChI is InChI=1S/C68H78N4/c1-37(2)45-21-17-22-46(38(3)4)61(45)65-53-29-31-55(69-53)66(62-47(39(5)6)23-18-24-48(62)40(7)8)57-33-35-59(71-57)68(64-51(43(13)14)27-20-28-52(64)44(15)16)60-36-34-58(72-60)67(56-32-30-54(65)70-56)63-49(41(9)10)25-19-26-50(63)42(11)12/h17-44,69,72H,1-16H3. The predicted molar refractivity (Wildman–Crippen MR) is 313 cm³/mol. The highest BCUT2D eigenvalue weighted by Crippen LogP contribution is 2.47. The van der Waals surface area contributed by atoms with Crippen molar-refractivity contribution < 1.29 is 0 Å². The quantitative estimate of drug-likeness (QED) is 0.128. The predicted octanol–water partition coefficient (Wildman–Crippen LogP) is 20.3. The Balaban J connectivity index is 1.61. The molecule has 5 heterocycles. The maximum atomic E-state index is 5.90. The van der Waals surface area contributed by atoms with Crippen molar-refractivity contribution in [3.63, 3.8) is 0 Å². The van der Waals surface area contributed by atoms with Crippen LogP contribution in [0.2, 0.25) is 0 Å². The van der Waals surface area contributed by atoms with Crippen molar-refractivity contribution in [3.05, 3.63) is 164 Å². The second-order valence-corrected chi connectivity index (χ2v) is 23.0. The summed E-state index contributed by atoms with van der Waals surface area (Å²) in [6.45, 7) is 37.2. The normalized spacial score (nSPS) is 12.8. The van der Waals surface area contributed by atoms with Crippen LogP contribution >= 0.6 is 0 Å². The first kappa shape index (κ1) is 50.4. The van der Waals surface area contributed by atoms with Gasteiger partial charge in [-0.1, -0.05) is 184 Å². The molecule has 3 aromatic heterocycles. The zero-order chi connectivity index (χ0) is 51.4. The Hall–Kier alpha value is -6.52. The fourth-order valence-corrected chi connectivity index (χ4v) is 11.6. The molecule has 9 rings (SSSR count). The van der Waals surface area contributed by atoms with E-state index < -0.39 is 0 Å². The number of hydrogen-bond donors (Lipinski definition) is 2. The van der Waals surface area contributed by atoms with Gasteiger partial charge in [-0.2, -0.15) is 0 Å². The molecule has 4 heteroatoms. The van der Waals surface area contributed by atoms with Crippen LogP contribution in [-0.4, -0.2) is 19.9 Å².